The van der Waals surface area contributed by atoms with E-state index < -0.39 is 0 Å². The molecular formula is C16H26N6O. The lowest BCUT2D eigenvalue weighted by Gasteiger charge is -2.36. The van der Waals surface area contributed by atoms with Crippen LogP contribution >= 0.6 is 0 Å². The molecule has 0 N–H and O–H groups in total. The summed E-state index contributed by atoms with van der Waals surface area (Å²) in [5, 5.41) is 8.76. The Hall–Kier alpha value is -1.63. The number of carbonyl (C=O) groups excluding carboxylic acids is 1. The van der Waals surface area contributed by atoms with Gasteiger partial charge in [-0.2, -0.15) is 0 Å². The summed E-state index contributed by atoms with van der Waals surface area (Å²) in [6.45, 7) is 4.68. The zero-order valence-electron chi connectivity index (χ0n) is 14.1. The maximum absolute atomic E-state index is 12.1. The number of carbonyl (C=O) groups is 1. The van der Waals surface area contributed by atoms with Gasteiger partial charge in [-0.15, -0.1) is 10.2 Å². The Labute approximate surface area is 137 Å². The fourth-order valence-corrected chi connectivity index (χ4v) is 3.81. The van der Waals surface area contributed by atoms with Gasteiger partial charge in [0.25, 0.3) is 0 Å². The van der Waals surface area contributed by atoms with Crippen molar-refractivity contribution in [2.45, 2.75) is 44.2 Å². The first-order valence-corrected chi connectivity index (χ1v) is 8.75. The van der Waals surface area contributed by atoms with Gasteiger partial charge in [-0.1, -0.05) is 0 Å². The van der Waals surface area contributed by atoms with E-state index in [0.29, 0.717) is 12.0 Å². The number of likely N-dealkylation sites (N-methyl/N-ethyl adjacent to an activating group) is 1. The fourth-order valence-electron chi connectivity index (χ4n) is 3.81. The molecule has 7 nitrogen and oxygen atoms in total. The number of likely N-dealkylation sites (tertiary alicyclic amines) is 1. The van der Waals surface area contributed by atoms with Crippen molar-refractivity contribution >= 4 is 6.03 Å². The van der Waals surface area contributed by atoms with Crippen molar-refractivity contribution in [2.75, 3.05) is 33.2 Å². The second-order valence-corrected chi connectivity index (χ2v) is 7.21. The molecule has 0 atom stereocenters. The summed E-state index contributed by atoms with van der Waals surface area (Å²) < 4.78 is 2.18. The van der Waals surface area contributed by atoms with Crippen molar-refractivity contribution in [3.63, 3.8) is 0 Å². The molecule has 1 aliphatic carbocycles. The second kappa shape index (κ2) is 5.78. The Kier molecular flexibility index (Phi) is 3.75. The fraction of sp³-hybridized carbons (Fsp3) is 0.812. The van der Waals surface area contributed by atoms with Crippen LogP contribution in [0.25, 0.3) is 0 Å². The molecule has 0 radical (unpaired) electrons. The topological polar surface area (TPSA) is 57.5 Å². The molecule has 1 aromatic rings. The van der Waals surface area contributed by atoms with Crippen LogP contribution < -0.4 is 0 Å². The SMILES string of the molecule is CN1CCN(C2CCN(Cc3nnc(C4CC4)n3C)CC2)C1=O. The van der Waals surface area contributed by atoms with Crippen LogP contribution in [0.2, 0.25) is 0 Å². The van der Waals surface area contributed by atoms with E-state index in [-0.39, 0.29) is 6.03 Å². The van der Waals surface area contributed by atoms with Gasteiger partial charge in [0, 0.05) is 52.2 Å². The molecule has 4 rings (SSSR count). The third kappa shape index (κ3) is 2.82. The standard InChI is InChI=1S/C16H26N6O/c1-19-9-10-22(16(19)23)13-5-7-21(8-6-13)11-14-17-18-15(20(14)2)12-3-4-12/h12-13H,3-11H2,1-2H3. The van der Waals surface area contributed by atoms with Crippen LogP contribution in [0.1, 0.15) is 43.3 Å². The highest BCUT2D eigenvalue weighted by atomic mass is 16.2. The highest BCUT2D eigenvalue weighted by molar-refractivity contribution is 5.76. The average molecular weight is 318 g/mol. The Morgan fingerprint density at radius 1 is 1.00 bits per heavy atom. The average Bonchev–Trinajstić information content (AvgIpc) is 3.26. The predicted molar refractivity (Wildman–Crippen MR) is 86.0 cm³/mol. The van der Waals surface area contributed by atoms with E-state index in [1.165, 1.54) is 12.8 Å². The number of rotatable bonds is 4. The number of aromatic nitrogens is 3. The minimum absolute atomic E-state index is 0.200. The van der Waals surface area contributed by atoms with Gasteiger partial charge < -0.3 is 14.4 Å². The second-order valence-electron chi connectivity index (χ2n) is 7.21. The number of urea groups is 1. The molecule has 3 fully saturated rings. The first kappa shape index (κ1) is 14.9. The van der Waals surface area contributed by atoms with Crippen LogP contribution in [0.4, 0.5) is 4.79 Å². The third-order valence-electron chi connectivity index (χ3n) is 5.55. The third-order valence-corrected chi connectivity index (χ3v) is 5.55. The lowest BCUT2D eigenvalue weighted by atomic mass is 10.0. The highest BCUT2D eigenvalue weighted by Gasteiger charge is 2.34. The predicted octanol–water partition coefficient (Wildman–Crippen LogP) is 1.02. The van der Waals surface area contributed by atoms with Gasteiger partial charge >= 0.3 is 6.03 Å². The van der Waals surface area contributed by atoms with Gasteiger partial charge in [-0.3, -0.25) is 4.90 Å². The minimum Gasteiger partial charge on any atom is -0.326 e. The summed E-state index contributed by atoms with van der Waals surface area (Å²) in [6, 6.07) is 0.607. The molecule has 2 saturated heterocycles. The van der Waals surface area contributed by atoms with E-state index in [0.717, 1.165) is 57.2 Å². The van der Waals surface area contributed by atoms with Gasteiger partial charge in [0.2, 0.25) is 0 Å². The largest absolute Gasteiger partial charge is 0.326 e. The van der Waals surface area contributed by atoms with E-state index in [4.69, 9.17) is 0 Å². The number of piperidine rings is 1. The summed E-state index contributed by atoms with van der Waals surface area (Å²) in [4.78, 5) is 18.4. The van der Waals surface area contributed by atoms with Crippen molar-refractivity contribution in [1.82, 2.24) is 29.5 Å². The molecule has 2 aliphatic heterocycles. The number of nitrogens with zero attached hydrogens (tertiary/aromatic N) is 6. The van der Waals surface area contributed by atoms with Crippen molar-refractivity contribution < 1.29 is 4.79 Å². The maximum Gasteiger partial charge on any atom is 0.320 e. The number of hydrogen-bond acceptors (Lipinski definition) is 4. The van der Waals surface area contributed by atoms with Crippen molar-refractivity contribution in [1.29, 1.82) is 0 Å². The van der Waals surface area contributed by atoms with Crippen LogP contribution in [0.3, 0.4) is 0 Å². The molecule has 23 heavy (non-hydrogen) atoms. The molecule has 2 amide bonds. The molecule has 3 aliphatic rings. The lowest BCUT2D eigenvalue weighted by Crippen LogP contribution is -2.46. The van der Waals surface area contributed by atoms with Crippen LogP contribution in [-0.4, -0.2) is 74.8 Å². The molecule has 0 unspecified atom stereocenters. The molecule has 7 heteroatoms. The van der Waals surface area contributed by atoms with Crippen molar-refractivity contribution in [3.8, 4) is 0 Å². The minimum atomic E-state index is 0.200. The number of hydrogen-bond donors (Lipinski definition) is 0. The van der Waals surface area contributed by atoms with Crippen LogP contribution in [0.5, 0.6) is 0 Å². The molecule has 0 aromatic carbocycles. The summed E-state index contributed by atoms with van der Waals surface area (Å²) in [7, 11) is 3.98. The molecular weight excluding hydrogens is 292 g/mol. The summed E-state index contributed by atoms with van der Waals surface area (Å²) in [6.07, 6.45) is 4.64. The monoisotopic (exact) mass is 318 g/mol. The lowest BCUT2D eigenvalue weighted by molar-refractivity contribution is 0.125. The highest BCUT2D eigenvalue weighted by Crippen LogP contribution is 2.38. The van der Waals surface area contributed by atoms with Crippen LogP contribution in [0.15, 0.2) is 0 Å². The number of amides is 2. The first-order chi connectivity index (χ1) is 11.1. The Bertz CT molecular complexity index is 587. The Balaban J connectivity index is 1.32. The van der Waals surface area contributed by atoms with E-state index in [9.17, 15) is 4.79 Å². The smallest absolute Gasteiger partial charge is 0.320 e. The summed E-state index contributed by atoms with van der Waals surface area (Å²) in [5.74, 6) is 2.87. The molecule has 0 bridgehead atoms. The quantitative estimate of drug-likeness (QED) is 0.832. The van der Waals surface area contributed by atoms with Crippen LogP contribution in [-0.2, 0) is 13.6 Å². The molecule has 3 heterocycles. The van der Waals surface area contributed by atoms with Crippen LogP contribution in [0, 0.1) is 0 Å². The van der Waals surface area contributed by atoms with Crippen molar-refractivity contribution in [2.24, 2.45) is 7.05 Å². The summed E-state index contributed by atoms with van der Waals surface area (Å²) in [5.41, 5.74) is 0. The normalized spacial score (nSPS) is 24.0. The summed E-state index contributed by atoms with van der Waals surface area (Å²) >= 11 is 0. The van der Waals surface area contributed by atoms with Gasteiger partial charge in [0.15, 0.2) is 0 Å². The van der Waals surface area contributed by atoms with E-state index in [2.05, 4.69) is 31.6 Å². The van der Waals surface area contributed by atoms with E-state index >= 15 is 0 Å². The van der Waals surface area contributed by atoms with Gasteiger partial charge in [0.05, 0.1) is 6.54 Å². The van der Waals surface area contributed by atoms with E-state index in [1.54, 1.807) is 0 Å². The zero-order valence-corrected chi connectivity index (χ0v) is 14.1. The Morgan fingerprint density at radius 3 is 2.35 bits per heavy atom. The van der Waals surface area contributed by atoms with Gasteiger partial charge in [0.1, 0.15) is 11.6 Å². The first-order valence-electron chi connectivity index (χ1n) is 8.75. The molecule has 126 valence electrons. The van der Waals surface area contributed by atoms with Crippen molar-refractivity contribution in [3.05, 3.63) is 11.6 Å². The maximum atomic E-state index is 12.1. The molecule has 1 saturated carbocycles. The molecule has 0 spiro atoms. The zero-order chi connectivity index (χ0) is 16.0. The molecule has 1 aromatic heterocycles. The Morgan fingerprint density at radius 2 is 1.74 bits per heavy atom. The van der Waals surface area contributed by atoms with Gasteiger partial charge in [-0.25, -0.2) is 4.79 Å². The van der Waals surface area contributed by atoms with Gasteiger partial charge in [-0.05, 0) is 25.7 Å². The van der Waals surface area contributed by atoms with E-state index in [1.807, 2.05) is 11.9 Å².